The summed E-state index contributed by atoms with van der Waals surface area (Å²) in [5.74, 6) is 0.609. The van der Waals surface area contributed by atoms with Crippen LogP contribution in [0.1, 0.15) is 26.2 Å². The van der Waals surface area contributed by atoms with Crippen molar-refractivity contribution in [1.82, 2.24) is 9.80 Å². The number of carbonyl (C=O) groups is 1. The highest BCUT2D eigenvalue weighted by Crippen LogP contribution is 2.19. The summed E-state index contributed by atoms with van der Waals surface area (Å²) in [6.07, 6.45) is 3.38. The van der Waals surface area contributed by atoms with Gasteiger partial charge in [0, 0.05) is 26.7 Å². The Hall–Kier alpha value is -0.770. The molecule has 1 unspecified atom stereocenters. The molecule has 88 valence electrons. The molecule has 1 saturated heterocycles. The Morgan fingerprint density at radius 3 is 2.93 bits per heavy atom. The second kappa shape index (κ2) is 5.95. The van der Waals surface area contributed by atoms with E-state index in [-0.39, 0.29) is 6.03 Å². The fraction of sp³-hybridized carbons (Fsp3) is 0.909. The summed E-state index contributed by atoms with van der Waals surface area (Å²) < 4.78 is 0. The van der Waals surface area contributed by atoms with Gasteiger partial charge in [0.05, 0.1) is 0 Å². The predicted molar refractivity (Wildman–Crippen MR) is 61.7 cm³/mol. The minimum Gasteiger partial charge on any atom is -0.330 e. The van der Waals surface area contributed by atoms with E-state index in [4.69, 9.17) is 5.73 Å². The zero-order chi connectivity index (χ0) is 11.3. The maximum absolute atomic E-state index is 11.9. The number of hydrogen-bond donors (Lipinski definition) is 1. The largest absolute Gasteiger partial charge is 0.330 e. The Morgan fingerprint density at radius 1 is 1.60 bits per heavy atom. The van der Waals surface area contributed by atoms with Crippen molar-refractivity contribution in [1.29, 1.82) is 0 Å². The molecule has 0 spiro atoms. The molecular formula is C11H23N3O. The number of likely N-dealkylation sites (tertiary alicyclic amines) is 1. The maximum atomic E-state index is 11.9. The van der Waals surface area contributed by atoms with E-state index in [0.717, 1.165) is 39.0 Å². The molecule has 1 fully saturated rings. The summed E-state index contributed by atoms with van der Waals surface area (Å²) in [5, 5.41) is 0. The monoisotopic (exact) mass is 213 g/mol. The second-order valence-corrected chi connectivity index (χ2v) is 4.33. The van der Waals surface area contributed by atoms with Gasteiger partial charge in [0.1, 0.15) is 0 Å². The first-order chi connectivity index (χ1) is 7.19. The quantitative estimate of drug-likeness (QED) is 0.763. The molecule has 0 aromatic rings. The zero-order valence-corrected chi connectivity index (χ0v) is 9.91. The lowest BCUT2D eigenvalue weighted by Gasteiger charge is -2.35. The highest BCUT2D eigenvalue weighted by molar-refractivity contribution is 5.74. The number of urea groups is 1. The lowest BCUT2D eigenvalue weighted by atomic mass is 9.95. The first-order valence-corrected chi connectivity index (χ1v) is 5.89. The third kappa shape index (κ3) is 3.38. The smallest absolute Gasteiger partial charge is 0.319 e. The first-order valence-electron chi connectivity index (χ1n) is 5.89. The molecule has 15 heavy (non-hydrogen) atoms. The van der Waals surface area contributed by atoms with Crippen molar-refractivity contribution in [2.45, 2.75) is 26.2 Å². The van der Waals surface area contributed by atoms with Gasteiger partial charge < -0.3 is 15.5 Å². The summed E-state index contributed by atoms with van der Waals surface area (Å²) >= 11 is 0. The molecule has 0 aliphatic carbocycles. The van der Waals surface area contributed by atoms with Crippen LogP contribution < -0.4 is 5.73 Å². The second-order valence-electron chi connectivity index (χ2n) is 4.33. The predicted octanol–water partition coefficient (Wildman–Crippen LogP) is 1.12. The molecule has 2 amide bonds. The van der Waals surface area contributed by atoms with Crippen LogP contribution in [0, 0.1) is 5.92 Å². The normalized spacial score (nSPS) is 21.5. The van der Waals surface area contributed by atoms with Gasteiger partial charge in [-0.05, 0) is 38.6 Å². The first kappa shape index (κ1) is 12.3. The molecule has 1 aliphatic rings. The molecule has 2 N–H and O–H groups in total. The molecule has 1 aliphatic heterocycles. The molecule has 0 radical (unpaired) electrons. The minimum atomic E-state index is 0.166. The van der Waals surface area contributed by atoms with Crippen LogP contribution in [-0.4, -0.2) is 49.1 Å². The lowest BCUT2D eigenvalue weighted by molar-refractivity contribution is 0.136. The van der Waals surface area contributed by atoms with E-state index >= 15 is 0 Å². The minimum absolute atomic E-state index is 0.166. The van der Waals surface area contributed by atoms with Crippen molar-refractivity contribution in [2.24, 2.45) is 11.7 Å². The molecular weight excluding hydrogens is 190 g/mol. The third-order valence-electron chi connectivity index (χ3n) is 3.17. The summed E-state index contributed by atoms with van der Waals surface area (Å²) in [5.41, 5.74) is 5.55. The van der Waals surface area contributed by atoms with Gasteiger partial charge in [-0.15, -0.1) is 0 Å². The third-order valence-corrected chi connectivity index (χ3v) is 3.17. The Morgan fingerprint density at radius 2 is 2.33 bits per heavy atom. The Kier molecular flexibility index (Phi) is 4.88. The SMILES string of the molecule is CCN(C)C(=O)N1CCCC(CCN)C1. The average molecular weight is 213 g/mol. The van der Waals surface area contributed by atoms with Crippen LogP contribution in [-0.2, 0) is 0 Å². The topological polar surface area (TPSA) is 49.6 Å². The van der Waals surface area contributed by atoms with Gasteiger partial charge in [-0.1, -0.05) is 0 Å². The molecule has 0 aromatic carbocycles. The van der Waals surface area contributed by atoms with Crippen LogP contribution in [0.5, 0.6) is 0 Å². The standard InChI is InChI=1S/C11H23N3O/c1-3-13(2)11(15)14-8-4-5-10(9-14)6-7-12/h10H,3-9,12H2,1-2H3. The van der Waals surface area contributed by atoms with Gasteiger partial charge in [-0.3, -0.25) is 0 Å². The number of rotatable bonds is 3. The van der Waals surface area contributed by atoms with E-state index in [2.05, 4.69) is 0 Å². The maximum Gasteiger partial charge on any atom is 0.319 e. The summed E-state index contributed by atoms with van der Waals surface area (Å²) in [6, 6.07) is 0.166. The van der Waals surface area contributed by atoms with E-state index in [1.807, 2.05) is 18.9 Å². The van der Waals surface area contributed by atoms with Gasteiger partial charge in [0.2, 0.25) is 0 Å². The number of piperidine rings is 1. The highest BCUT2D eigenvalue weighted by Gasteiger charge is 2.24. The average Bonchev–Trinajstić information content (AvgIpc) is 2.28. The molecule has 0 aromatic heterocycles. The zero-order valence-electron chi connectivity index (χ0n) is 9.91. The summed E-state index contributed by atoms with van der Waals surface area (Å²) in [7, 11) is 1.86. The molecule has 4 nitrogen and oxygen atoms in total. The van der Waals surface area contributed by atoms with E-state index in [9.17, 15) is 4.79 Å². The van der Waals surface area contributed by atoms with Gasteiger partial charge in [0.25, 0.3) is 0 Å². The summed E-state index contributed by atoms with van der Waals surface area (Å²) in [4.78, 5) is 15.6. The van der Waals surface area contributed by atoms with Crippen molar-refractivity contribution < 1.29 is 4.79 Å². The number of nitrogens with zero attached hydrogens (tertiary/aromatic N) is 2. The van der Waals surface area contributed by atoms with Crippen LogP contribution in [0.3, 0.4) is 0 Å². The Labute approximate surface area is 92.4 Å². The van der Waals surface area contributed by atoms with Crippen molar-refractivity contribution in [3.8, 4) is 0 Å². The molecule has 1 rings (SSSR count). The Balaban J connectivity index is 2.44. The van der Waals surface area contributed by atoms with Crippen molar-refractivity contribution in [2.75, 3.05) is 33.2 Å². The van der Waals surface area contributed by atoms with Crippen LogP contribution in [0.4, 0.5) is 4.79 Å². The fourth-order valence-corrected chi connectivity index (χ4v) is 2.09. The summed E-state index contributed by atoms with van der Waals surface area (Å²) in [6.45, 7) is 5.30. The van der Waals surface area contributed by atoms with Gasteiger partial charge in [-0.25, -0.2) is 4.79 Å². The number of hydrogen-bond acceptors (Lipinski definition) is 2. The number of amides is 2. The van der Waals surface area contributed by atoms with E-state index in [1.165, 1.54) is 6.42 Å². The van der Waals surface area contributed by atoms with Crippen LogP contribution in [0.25, 0.3) is 0 Å². The van der Waals surface area contributed by atoms with Crippen molar-refractivity contribution in [3.05, 3.63) is 0 Å². The molecule has 0 bridgehead atoms. The Bertz CT molecular complexity index is 206. The molecule has 1 heterocycles. The fourth-order valence-electron chi connectivity index (χ4n) is 2.09. The van der Waals surface area contributed by atoms with Crippen LogP contribution in [0.2, 0.25) is 0 Å². The molecule has 0 saturated carbocycles. The van der Waals surface area contributed by atoms with Crippen LogP contribution in [0.15, 0.2) is 0 Å². The van der Waals surface area contributed by atoms with E-state index < -0.39 is 0 Å². The molecule has 1 atom stereocenters. The number of carbonyl (C=O) groups excluding carboxylic acids is 1. The van der Waals surface area contributed by atoms with Crippen molar-refractivity contribution >= 4 is 6.03 Å². The van der Waals surface area contributed by atoms with Gasteiger partial charge >= 0.3 is 6.03 Å². The van der Waals surface area contributed by atoms with E-state index in [1.54, 1.807) is 4.90 Å². The van der Waals surface area contributed by atoms with Crippen molar-refractivity contribution in [3.63, 3.8) is 0 Å². The van der Waals surface area contributed by atoms with Crippen LogP contribution >= 0.6 is 0 Å². The highest BCUT2D eigenvalue weighted by atomic mass is 16.2. The van der Waals surface area contributed by atoms with Gasteiger partial charge in [-0.2, -0.15) is 0 Å². The molecule has 4 heteroatoms. The lowest BCUT2D eigenvalue weighted by Crippen LogP contribution is -2.46. The van der Waals surface area contributed by atoms with Gasteiger partial charge in [0.15, 0.2) is 0 Å². The van der Waals surface area contributed by atoms with E-state index in [0.29, 0.717) is 5.92 Å². The number of nitrogens with two attached hydrogens (primary N) is 1.